The van der Waals surface area contributed by atoms with Crippen molar-refractivity contribution in [1.82, 2.24) is 5.43 Å². The average molecular weight is 188 g/mol. The number of hydrogen-bond donors (Lipinski definition) is 2. The van der Waals surface area contributed by atoms with Gasteiger partial charge in [-0.25, -0.2) is 0 Å². The zero-order valence-corrected chi connectivity index (χ0v) is 9.34. The second kappa shape index (κ2) is 7.30. The van der Waals surface area contributed by atoms with Crippen LogP contribution in [0.25, 0.3) is 0 Å². The van der Waals surface area contributed by atoms with Gasteiger partial charge in [0.05, 0.1) is 6.10 Å². The van der Waals surface area contributed by atoms with Crippen LogP contribution in [0.2, 0.25) is 0 Å². The van der Waals surface area contributed by atoms with Gasteiger partial charge in [-0.05, 0) is 25.7 Å². The molecule has 3 nitrogen and oxygen atoms in total. The van der Waals surface area contributed by atoms with E-state index < -0.39 is 0 Å². The smallest absolute Gasteiger partial charge is 0.0738 e. The fourth-order valence-electron chi connectivity index (χ4n) is 1.57. The molecule has 0 aliphatic rings. The minimum absolute atomic E-state index is 0.248. The van der Waals surface area contributed by atoms with Crippen LogP contribution in [0.3, 0.4) is 0 Å². The lowest BCUT2D eigenvalue weighted by Gasteiger charge is -2.26. The molecule has 0 rings (SSSR count). The standard InChI is InChI=1S/C10H24N2O/c1-5-10(13-6-2)9(12-11)7-8(3)4/h8-10,12H,5-7,11H2,1-4H3. The zero-order chi connectivity index (χ0) is 10.3. The number of ether oxygens (including phenoxy) is 1. The first-order chi connectivity index (χ1) is 6.15. The third kappa shape index (κ3) is 5.24. The highest BCUT2D eigenvalue weighted by Gasteiger charge is 2.19. The fourth-order valence-corrected chi connectivity index (χ4v) is 1.57. The molecule has 2 unspecified atom stereocenters. The Balaban J connectivity index is 4.00. The molecule has 0 spiro atoms. The van der Waals surface area contributed by atoms with Crippen LogP contribution in [0.4, 0.5) is 0 Å². The van der Waals surface area contributed by atoms with Gasteiger partial charge in [-0.15, -0.1) is 0 Å². The molecule has 13 heavy (non-hydrogen) atoms. The number of nitrogens with one attached hydrogen (secondary N) is 1. The predicted molar refractivity (Wildman–Crippen MR) is 56.3 cm³/mol. The van der Waals surface area contributed by atoms with E-state index in [1.54, 1.807) is 0 Å². The van der Waals surface area contributed by atoms with E-state index in [9.17, 15) is 0 Å². The van der Waals surface area contributed by atoms with Crippen molar-refractivity contribution in [1.29, 1.82) is 0 Å². The van der Waals surface area contributed by atoms with Gasteiger partial charge in [-0.1, -0.05) is 20.8 Å². The van der Waals surface area contributed by atoms with Gasteiger partial charge < -0.3 is 4.74 Å². The van der Waals surface area contributed by atoms with Crippen molar-refractivity contribution in [3.8, 4) is 0 Å². The van der Waals surface area contributed by atoms with Crippen molar-refractivity contribution in [3.05, 3.63) is 0 Å². The minimum atomic E-state index is 0.248. The van der Waals surface area contributed by atoms with Gasteiger partial charge in [-0.3, -0.25) is 11.3 Å². The first kappa shape index (κ1) is 12.9. The van der Waals surface area contributed by atoms with Gasteiger partial charge in [-0.2, -0.15) is 0 Å². The Morgan fingerprint density at radius 3 is 2.23 bits per heavy atom. The van der Waals surface area contributed by atoms with E-state index in [2.05, 4.69) is 26.2 Å². The summed E-state index contributed by atoms with van der Waals surface area (Å²) in [6.07, 6.45) is 2.32. The van der Waals surface area contributed by atoms with Crippen LogP contribution in [0.15, 0.2) is 0 Å². The maximum Gasteiger partial charge on any atom is 0.0738 e. The third-order valence-corrected chi connectivity index (χ3v) is 2.17. The Bertz CT molecular complexity index is 117. The quantitative estimate of drug-likeness (QED) is 0.472. The third-order valence-electron chi connectivity index (χ3n) is 2.17. The van der Waals surface area contributed by atoms with Crippen LogP contribution in [0.1, 0.15) is 40.5 Å². The number of nitrogens with two attached hydrogens (primary N) is 1. The molecule has 3 N–H and O–H groups in total. The highest BCUT2D eigenvalue weighted by atomic mass is 16.5. The molecule has 2 atom stereocenters. The van der Waals surface area contributed by atoms with Crippen molar-refractivity contribution in [2.24, 2.45) is 11.8 Å². The van der Waals surface area contributed by atoms with Gasteiger partial charge in [0.1, 0.15) is 0 Å². The molecule has 0 fully saturated rings. The van der Waals surface area contributed by atoms with E-state index in [1.165, 1.54) is 0 Å². The number of rotatable bonds is 7. The van der Waals surface area contributed by atoms with E-state index in [4.69, 9.17) is 10.6 Å². The van der Waals surface area contributed by atoms with Crippen molar-refractivity contribution in [2.45, 2.75) is 52.7 Å². The highest BCUT2D eigenvalue weighted by Crippen LogP contribution is 2.12. The van der Waals surface area contributed by atoms with E-state index in [1.807, 2.05) is 6.92 Å². The van der Waals surface area contributed by atoms with Crippen molar-refractivity contribution < 1.29 is 4.74 Å². The monoisotopic (exact) mass is 188 g/mol. The molecule has 0 saturated heterocycles. The molecule has 0 bridgehead atoms. The van der Waals surface area contributed by atoms with Crippen LogP contribution in [0, 0.1) is 5.92 Å². The van der Waals surface area contributed by atoms with Crippen LogP contribution in [-0.4, -0.2) is 18.8 Å². The lowest BCUT2D eigenvalue weighted by atomic mass is 9.98. The van der Waals surface area contributed by atoms with Gasteiger partial charge in [0.25, 0.3) is 0 Å². The molecule has 0 aromatic carbocycles. The molecule has 3 heteroatoms. The summed E-state index contributed by atoms with van der Waals surface area (Å²) in [5.74, 6) is 6.15. The lowest BCUT2D eigenvalue weighted by Crippen LogP contribution is -2.45. The number of hydrogen-bond acceptors (Lipinski definition) is 3. The van der Waals surface area contributed by atoms with E-state index in [0.29, 0.717) is 5.92 Å². The van der Waals surface area contributed by atoms with Crippen molar-refractivity contribution >= 4 is 0 Å². The molecule has 0 aliphatic carbocycles. The Morgan fingerprint density at radius 2 is 1.92 bits per heavy atom. The summed E-state index contributed by atoms with van der Waals surface area (Å²) >= 11 is 0. The molecule has 0 radical (unpaired) electrons. The van der Waals surface area contributed by atoms with Gasteiger partial charge in [0.2, 0.25) is 0 Å². The summed E-state index contributed by atoms with van der Waals surface area (Å²) in [7, 11) is 0. The van der Waals surface area contributed by atoms with Crippen LogP contribution in [0.5, 0.6) is 0 Å². The molecular formula is C10H24N2O. The Hall–Kier alpha value is -0.120. The zero-order valence-electron chi connectivity index (χ0n) is 9.34. The second-order valence-corrected chi connectivity index (χ2v) is 3.80. The van der Waals surface area contributed by atoms with Gasteiger partial charge in [0, 0.05) is 12.6 Å². The largest absolute Gasteiger partial charge is 0.377 e. The summed E-state index contributed by atoms with van der Waals surface area (Å²) in [5.41, 5.74) is 2.84. The van der Waals surface area contributed by atoms with E-state index in [0.717, 1.165) is 19.4 Å². The molecule has 0 heterocycles. The SMILES string of the molecule is CCOC(CC)C(CC(C)C)NN. The Kier molecular flexibility index (Phi) is 7.23. The second-order valence-electron chi connectivity index (χ2n) is 3.80. The summed E-state index contributed by atoms with van der Waals surface area (Å²) < 4.78 is 5.60. The van der Waals surface area contributed by atoms with Crippen molar-refractivity contribution in [2.75, 3.05) is 6.61 Å². The molecular weight excluding hydrogens is 164 g/mol. The first-order valence-corrected chi connectivity index (χ1v) is 5.23. The average Bonchev–Trinajstić information content (AvgIpc) is 2.10. The van der Waals surface area contributed by atoms with Gasteiger partial charge in [0.15, 0.2) is 0 Å². The number of hydrazine groups is 1. The summed E-state index contributed by atoms with van der Waals surface area (Å²) in [6.45, 7) is 9.30. The van der Waals surface area contributed by atoms with Crippen LogP contribution < -0.4 is 11.3 Å². The molecule has 0 aromatic heterocycles. The maximum absolute atomic E-state index is 5.60. The predicted octanol–water partition coefficient (Wildman–Crippen LogP) is 1.68. The lowest BCUT2D eigenvalue weighted by molar-refractivity contribution is 0.0264. The molecule has 0 aliphatic heterocycles. The van der Waals surface area contributed by atoms with Crippen molar-refractivity contribution in [3.63, 3.8) is 0 Å². The summed E-state index contributed by atoms with van der Waals surface area (Å²) in [6, 6.07) is 0.282. The summed E-state index contributed by atoms with van der Waals surface area (Å²) in [4.78, 5) is 0. The molecule has 80 valence electrons. The highest BCUT2D eigenvalue weighted by molar-refractivity contribution is 4.75. The van der Waals surface area contributed by atoms with Gasteiger partial charge >= 0.3 is 0 Å². The minimum Gasteiger partial charge on any atom is -0.377 e. The fraction of sp³-hybridized carbons (Fsp3) is 1.00. The Labute approximate surface area is 82.0 Å². The topological polar surface area (TPSA) is 47.3 Å². The Morgan fingerprint density at radius 1 is 1.31 bits per heavy atom. The first-order valence-electron chi connectivity index (χ1n) is 5.23. The van der Waals surface area contributed by atoms with Crippen LogP contribution in [-0.2, 0) is 4.74 Å². The van der Waals surface area contributed by atoms with Crippen LogP contribution >= 0.6 is 0 Å². The molecule has 0 aromatic rings. The summed E-state index contributed by atoms with van der Waals surface area (Å²) in [5, 5.41) is 0. The molecule has 0 amide bonds. The maximum atomic E-state index is 5.60. The van der Waals surface area contributed by atoms with E-state index in [-0.39, 0.29) is 12.1 Å². The molecule has 0 saturated carbocycles. The van der Waals surface area contributed by atoms with E-state index >= 15 is 0 Å². The normalized spacial score (nSPS) is 16.2.